The van der Waals surface area contributed by atoms with E-state index in [-0.39, 0.29) is 17.8 Å². The summed E-state index contributed by atoms with van der Waals surface area (Å²) >= 11 is 0. The van der Waals surface area contributed by atoms with Crippen LogP contribution in [0.25, 0.3) is 16.6 Å². The van der Waals surface area contributed by atoms with Crippen molar-refractivity contribution in [3.8, 4) is 11.1 Å². The number of hydrogen-bond donors (Lipinski definition) is 2. The van der Waals surface area contributed by atoms with Crippen LogP contribution in [-0.2, 0) is 4.74 Å². The second-order valence-corrected chi connectivity index (χ2v) is 8.24. The van der Waals surface area contributed by atoms with E-state index in [1.165, 1.54) is 7.11 Å². The van der Waals surface area contributed by atoms with E-state index in [1.54, 1.807) is 12.3 Å². The molecule has 3 aromatic heterocycles. The Morgan fingerprint density at radius 3 is 2.68 bits per heavy atom. The average Bonchev–Trinajstić information content (AvgIpc) is 3.18. The quantitative estimate of drug-likeness (QED) is 0.581. The molecular formula is C23H29N5O3. The van der Waals surface area contributed by atoms with Crippen LogP contribution in [0.15, 0.2) is 30.6 Å². The van der Waals surface area contributed by atoms with Crippen molar-refractivity contribution < 1.29 is 14.6 Å². The fourth-order valence-electron chi connectivity index (χ4n) is 4.08. The summed E-state index contributed by atoms with van der Waals surface area (Å²) in [5.41, 5.74) is 4.14. The van der Waals surface area contributed by atoms with Crippen LogP contribution in [0.1, 0.15) is 68.1 Å². The molecule has 0 saturated heterocycles. The van der Waals surface area contributed by atoms with Gasteiger partial charge in [-0.15, -0.1) is 5.10 Å². The summed E-state index contributed by atoms with van der Waals surface area (Å²) in [7, 11) is 1.34. The molecule has 1 saturated carbocycles. The van der Waals surface area contributed by atoms with E-state index >= 15 is 0 Å². The zero-order valence-corrected chi connectivity index (χ0v) is 18.2. The number of rotatable bonds is 6. The van der Waals surface area contributed by atoms with Crippen molar-refractivity contribution in [2.24, 2.45) is 0 Å². The van der Waals surface area contributed by atoms with Crippen LogP contribution in [0.3, 0.4) is 0 Å². The van der Waals surface area contributed by atoms with Crippen LogP contribution in [0.5, 0.6) is 0 Å². The highest BCUT2D eigenvalue weighted by atomic mass is 16.5. The molecule has 0 amide bonds. The predicted octanol–water partition coefficient (Wildman–Crippen LogP) is 3.81. The number of esters is 1. The van der Waals surface area contributed by atoms with Gasteiger partial charge in [0.15, 0.2) is 0 Å². The van der Waals surface area contributed by atoms with Crippen molar-refractivity contribution in [1.29, 1.82) is 0 Å². The van der Waals surface area contributed by atoms with Gasteiger partial charge in [-0.2, -0.15) is 0 Å². The van der Waals surface area contributed by atoms with E-state index < -0.39 is 5.97 Å². The Bertz CT molecular complexity index is 1060. The Morgan fingerprint density at radius 1 is 1.26 bits per heavy atom. The van der Waals surface area contributed by atoms with Gasteiger partial charge in [0.25, 0.3) is 0 Å². The number of anilines is 1. The number of carbonyl (C=O) groups excluding carboxylic acids is 1. The molecule has 1 fully saturated rings. The number of pyridine rings is 1. The Hall–Kier alpha value is -3.00. The molecule has 0 spiro atoms. The van der Waals surface area contributed by atoms with Crippen LogP contribution in [-0.4, -0.2) is 49.9 Å². The van der Waals surface area contributed by atoms with Gasteiger partial charge in [0.05, 0.1) is 24.9 Å². The number of carbonyl (C=O) groups is 1. The van der Waals surface area contributed by atoms with Crippen molar-refractivity contribution in [3.05, 3.63) is 42.0 Å². The summed E-state index contributed by atoms with van der Waals surface area (Å²) in [6, 6.07) is 5.96. The third-order valence-electron chi connectivity index (χ3n) is 6.12. The lowest BCUT2D eigenvalue weighted by Crippen LogP contribution is -2.19. The number of aliphatic hydroxyl groups excluding tert-OH is 1. The molecule has 164 valence electrons. The van der Waals surface area contributed by atoms with Gasteiger partial charge in [-0.05, 0) is 51.2 Å². The summed E-state index contributed by atoms with van der Waals surface area (Å²) < 4.78 is 6.72. The number of methoxy groups -OCH3 is 1. The first-order valence-corrected chi connectivity index (χ1v) is 10.9. The summed E-state index contributed by atoms with van der Waals surface area (Å²) in [4.78, 5) is 20.5. The number of nitrogens with one attached hydrogen (secondary N) is 1. The molecule has 1 aliphatic rings. The molecule has 1 atom stereocenters. The minimum absolute atomic E-state index is 0.214. The highest BCUT2D eigenvalue weighted by Gasteiger charge is 2.25. The average molecular weight is 424 g/mol. The van der Waals surface area contributed by atoms with Gasteiger partial charge in [0.1, 0.15) is 5.69 Å². The van der Waals surface area contributed by atoms with Gasteiger partial charge in [0, 0.05) is 35.0 Å². The Balaban J connectivity index is 1.77. The molecule has 31 heavy (non-hydrogen) atoms. The van der Waals surface area contributed by atoms with E-state index in [1.807, 2.05) is 16.8 Å². The minimum Gasteiger partial charge on any atom is -0.464 e. The molecule has 3 heterocycles. The molecule has 0 bridgehead atoms. The first-order valence-electron chi connectivity index (χ1n) is 10.9. The van der Waals surface area contributed by atoms with Gasteiger partial charge in [-0.25, -0.2) is 19.3 Å². The lowest BCUT2D eigenvalue weighted by atomic mass is 9.85. The van der Waals surface area contributed by atoms with Crippen molar-refractivity contribution in [1.82, 2.24) is 19.6 Å². The highest BCUT2D eigenvalue weighted by molar-refractivity contribution is 5.88. The predicted molar refractivity (Wildman–Crippen MR) is 118 cm³/mol. The Kier molecular flexibility index (Phi) is 6.18. The molecule has 0 aliphatic heterocycles. The van der Waals surface area contributed by atoms with Crippen LogP contribution >= 0.6 is 0 Å². The van der Waals surface area contributed by atoms with Crippen molar-refractivity contribution in [2.75, 3.05) is 12.4 Å². The second kappa shape index (κ2) is 9.01. The monoisotopic (exact) mass is 423 g/mol. The molecule has 2 N–H and O–H groups in total. The number of aliphatic hydroxyl groups is 1. The van der Waals surface area contributed by atoms with Crippen molar-refractivity contribution in [2.45, 2.75) is 64.0 Å². The maximum atomic E-state index is 11.7. The molecule has 8 heteroatoms. The normalized spacial score (nSPS) is 19.9. The van der Waals surface area contributed by atoms with Crippen molar-refractivity contribution >= 4 is 17.4 Å². The van der Waals surface area contributed by atoms with E-state index in [9.17, 15) is 9.90 Å². The smallest absolute Gasteiger partial charge is 0.356 e. The number of fused-ring (bicyclic) bond motifs is 1. The van der Waals surface area contributed by atoms with Crippen LogP contribution in [0.2, 0.25) is 0 Å². The molecule has 4 rings (SSSR count). The van der Waals surface area contributed by atoms with Gasteiger partial charge in [0.2, 0.25) is 5.95 Å². The summed E-state index contributed by atoms with van der Waals surface area (Å²) in [5.74, 6) is 0.456. The molecular weight excluding hydrogens is 394 g/mol. The van der Waals surface area contributed by atoms with Gasteiger partial charge in [-0.3, -0.25) is 0 Å². The Morgan fingerprint density at radius 2 is 2.03 bits per heavy atom. The largest absolute Gasteiger partial charge is 0.464 e. The van der Waals surface area contributed by atoms with Crippen LogP contribution in [0, 0.1) is 0 Å². The first-order chi connectivity index (χ1) is 15.0. The van der Waals surface area contributed by atoms with Gasteiger partial charge in [-0.1, -0.05) is 13.0 Å². The highest BCUT2D eigenvalue weighted by Crippen LogP contribution is 2.37. The minimum atomic E-state index is -0.459. The number of nitrogens with zero attached hydrogens (tertiary/aromatic N) is 4. The second-order valence-electron chi connectivity index (χ2n) is 8.24. The van der Waals surface area contributed by atoms with Crippen LogP contribution in [0.4, 0.5) is 5.95 Å². The zero-order chi connectivity index (χ0) is 22.0. The maximum Gasteiger partial charge on any atom is 0.356 e. The number of ether oxygens (including phenoxy) is 1. The lowest BCUT2D eigenvalue weighted by Gasteiger charge is -2.25. The summed E-state index contributed by atoms with van der Waals surface area (Å²) in [5, 5.41) is 18.1. The van der Waals surface area contributed by atoms with E-state index in [0.29, 0.717) is 11.9 Å². The number of aromatic nitrogens is 4. The SMILES string of the molecule is CC[C@H](C)Nc1ncc2c(-c3ccc(C(=O)OC)nc3)cc(C3CCC(O)CC3)n2n1. The molecule has 8 nitrogen and oxygen atoms in total. The fraction of sp³-hybridized carbons (Fsp3) is 0.478. The standard InChI is InChI=1S/C23H29N5O3/c1-4-14(2)26-23-25-13-21-18(16-7-10-19(24-12-16)22(30)31-3)11-20(28(21)27-23)15-5-8-17(29)9-6-15/h7,10-15,17,29H,4-6,8-9H2,1-3H3,(H,26,27)/t14-,15?,17?/m0/s1. The van der Waals surface area contributed by atoms with E-state index in [2.05, 4.69) is 35.2 Å². The Labute approximate surface area is 181 Å². The molecule has 0 aromatic carbocycles. The topological polar surface area (TPSA) is 102 Å². The van der Waals surface area contributed by atoms with Gasteiger partial charge >= 0.3 is 5.97 Å². The van der Waals surface area contributed by atoms with E-state index in [4.69, 9.17) is 9.84 Å². The molecule has 0 radical (unpaired) electrons. The fourth-order valence-corrected chi connectivity index (χ4v) is 4.08. The molecule has 1 aliphatic carbocycles. The molecule has 3 aromatic rings. The first kappa shape index (κ1) is 21.2. The van der Waals surface area contributed by atoms with Gasteiger partial charge < -0.3 is 15.2 Å². The lowest BCUT2D eigenvalue weighted by molar-refractivity contribution is 0.0594. The van der Waals surface area contributed by atoms with Crippen molar-refractivity contribution in [3.63, 3.8) is 0 Å². The number of hydrogen-bond acceptors (Lipinski definition) is 7. The third-order valence-corrected chi connectivity index (χ3v) is 6.12. The summed E-state index contributed by atoms with van der Waals surface area (Å²) in [6.07, 6.45) is 7.72. The maximum absolute atomic E-state index is 11.7. The van der Waals surface area contributed by atoms with E-state index in [0.717, 1.165) is 54.4 Å². The zero-order valence-electron chi connectivity index (χ0n) is 18.2. The molecule has 0 unspecified atom stereocenters. The van der Waals surface area contributed by atoms with Crippen LogP contribution < -0.4 is 5.32 Å². The third kappa shape index (κ3) is 4.39. The summed E-state index contributed by atoms with van der Waals surface area (Å²) in [6.45, 7) is 4.22.